The number of aromatic nitrogens is 3. The zero-order valence-corrected chi connectivity index (χ0v) is 12.1. The fourth-order valence-electron chi connectivity index (χ4n) is 2.39. The molecular weight excluding hydrogens is 256 g/mol. The Kier molecular flexibility index (Phi) is 4.92. The number of fused-ring (bicyclic) bond motifs is 1. The molecule has 6 heteroatoms. The molecule has 0 aliphatic carbocycles. The monoisotopic (exact) mass is 278 g/mol. The van der Waals surface area contributed by atoms with Gasteiger partial charge < -0.3 is 20.1 Å². The Bertz CT molecular complexity index is 580. The first kappa shape index (κ1) is 14.7. The molecule has 0 fully saturated rings. The first-order valence-corrected chi connectivity index (χ1v) is 6.96. The van der Waals surface area contributed by atoms with Gasteiger partial charge in [0.15, 0.2) is 0 Å². The first-order valence-electron chi connectivity index (χ1n) is 6.96. The lowest BCUT2D eigenvalue weighted by Gasteiger charge is -2.07. The van der Waals surface area contributed by atoms with Crippen LogP contribution in [0.4, 0.5) is 5.82 Å². The number of aliphatic hydroxyl groups is 2. The molecule has 2 aromatic rings. The van der Waals surface area contributed by atoms with Crippen molar-refractivity contribution in [2.24, 2.45) is 0 Å². The molecule has 0 saturated carbocycles. The topological polar surface area (TPSA) is 83.2 Å². The molecule has 2 aromatic heterocycles. The molecule has 0 amide bonds. The lowest BCUT2D eigenvalue weighted by molar-refractivity contribution is 0.280. The van der Waals surface area contributed by atoms with Crippen molar-refractivity contribution in [2.45, 2.75) is 33.2 Å². The summed E-state index contributed by atoms with van der Waals surface area (Å²) in [5.41, 5.74) is 3.21. The van der Waals surface area contributed by atoms with Gasteiger partial charge in [-0.25, -0.2) is 9.97 Å². The summed E-state index contributed by atoms with van der Waals surface area (Å²) in [5.74, 6) is 0.812. The number of nitrogens with one attached hydrogen (secondary N) is 1. The van der Waals surface area contributed by atoms with E-state index >= 15 is 0 Å². The number of rotatable bonds is 7. The van der Waals surface area contributed by atoms with Crippen molar-refractivity contribution in [1.82, 2.24) is 14.5 Å². The highest BCUT2D eigenvalue weighted by Crippen LogP contribution is 2.28. The van der Waals surface area contributed by atoms with Gasteiger partial charge in [-0.2, -0.15) is 0 Å². The van der Waals surface area contributed by atoms with Crippen LogP contribution in [-0.4, -0.2) is 44.5 Å². The average molecular weight is 278 g/mol. The minimum absolute atomic E-state index is 0.163. The second-order valence-corrected chi connectivity index (χ2v) is 4.86. The van der Waals surface area contributed by atoms with E-state index in [-0.39, 0.29) is 13.2 Å². The lowest BCUT2D eigenvalue weighted by Crippen LogP contribution is -2.06. The second kappa shape index (κ2) is 6.67. The van der Waals surface area contributed by atoms with Crippen LogP contribution >= 0.6 is 0 Å². The van der Waals surface area contributed by atoms with Crippen LogP contribution in [0.25, 0.3) is 11.0 Å². The fraction of sp³-hybridized carbons (Fsp3) is 0.571. The van der Waals surface area contributed by atoms with Gasteiger partial charge in [-0.1, -0.05) is 0 Å². The molecule has 0 spiro atoms. The third-order valence-electron chi connectivity index (χ3n) is 3.57. The molecule has 6 nitrogen and oxygen atoms in total. The van der Waals surface area contributed by atoms with Crippen LogP contribution in [0.5, 0.6) is 0 Å². The summed E-state index contributed by atoms with van der Waals surface area (Å²) < 4.78 is 2.12. The van der Waals surface area contributed by atoms with Gasteiger partial charge in [0.05, 0.1) is 5.39 Å². The van der Waals surface area contributed by atoms with Gasteiger partial charge in [-0.3, -0.25) is 0 Å². The van der Waals surface area contributed by atoms with Gasteiger partial charge in [0.25, 0.3) is 0 Å². The number of anilines is 1. The smallest absolute Gasteiger partial charge is 0.145 e. The summed E-state index contributed by atoms with van der Waals surface area (Å²) in [5, 5.41) is 22.2. The van der Waals surface area contributed by atoms with E-state index in [0.29, 0.717) is 19.4 Å². The molecule has 0 aliphatic rings. The molecule has 0 saturated heterocycles. The third kappa shape index (κ3) is 2.76. The molecule has 0 aromatic carbocycles. The van der Waals surface area contributed by atoms with E-state index in [1.807, 2.05) is 0 Å². The van der Waals surface area contributed by atoms with Crippen molar-refractivity contribution >= 4 is 16.9 Å². The normalized spacial score (nSPS) is 11.2. The number of nitrogens with zero attached hydrogens (tertiary/aromatic N) is 3. The molecule has 2 rings (SSSR count). The minimum Gasteiger partial charge on any atom is -0.396 e. The summed E-state index contributed by atoms with van der Waals surface area (Å²) in [7, 11) is 0. The summed E-state index contributed by atoms with van der Waals surface area (Å²) in [6.45, 7) is 5.89. The zero-order chi connectivity index (χ0) is 14.5. The van der Waals surface area contributed by atoms with Crippen LogP contribution < -0.4 is 5.32 Å². The molecule has 0 radical (unpaired) electrons. The van der Waals surface area contributed by atoms with Gasteiger partial charge in [0, 0.05) is 32.0 Å². The van der Waals surface area contributed by atoms with E-state index in [2.05, 4.69) is 33.7 Å². The van der Waals surface area contributed by atoms with Crippen molar-refractivity contribution in [3.05, 3.63) is 17.6 Å². The van der Waals surface area contributed by atoms with Crippen LogP contribution in [0.3, 0.4) is 0 Å². The van der Waals surface area contributed by atoms with Crippen LogP contribution in [0, 0.1) is 13.8 Å². The molecule has 110 valence electrons. The van der Waals surface area contributed by atoms with E-state index in [1.54, 1.807) is 6.33 Å². The molecule has 0 atom stereocenters. The Morgan fingerprint density at radius 1 is 1.15 bits per heavy atom. The van der Waals surface area contributed by atoms with Crippen LogP contribution in [0.1, 0.15) is 24.1 Å². The lowest BCUT2D eigenvalue weighted by atomic mass is 10.2. The minimum atomic E-state index is 0.163. The summed E-state index contributed by atoms with van der Waals surface area (Å²) in [6, 6.07) is 0. The molecular formula is C14H22N4O2. The SMILES string of the molecule is Cc1c(C)n(CCCO)c2ncnc(NCCCO)c12. The van der Waals surface area contributed by atoms with E-state index in [9.17, 15) is 0 Å². The van der Waals surface area contributed by atoms with Gasteiger partial charge >= 0.3 is 0 Å². The predicted octanol–water partition coefficient (Wildman–Crippen LogP) is 1.22. The van der Waals surface area contributed by atoms with Gasteiger partial charge in [0.1, 0.15) is 17.8 Å². The molecule has 2 heterocycles. The number of aryl methyl sites for hydroxylation is 2. The third-order valence-corrected chi connectivity index (χ3v) is 3.57. The van der Waals surface area contributed by atoms with Crippen molar-refractivity contribution < 1.29 is 10.2 Å². The fourth-order valence-corrected chi connectivity index (χ4v) is 2.39. The number of hydrogen-bond acceptors (Lipinski definition) is 5. The van der Waals surface area contributed by atoms with E-state index in [0.717, 1.165) is 34.7 Å². The predicted molar refractivity (Wildman–Crippen MR) is 78.9 cm³/mol. The average Bonchev–Trinajstić information content (AvgIpc) is 2.70. The van der Waals surface area contributed by atoms with Gasteiger partial charge in [-0.15, -0.1) is 0 Å². The van der Waals surface area contributed by atoms with Gasteiger partial charge in [-0.05, 0) is 32.3 Å². The van der Waals surface area contributed by atoms with Crippen LogP contribution in [-0.2, 0) is 6.54 Å². The van der Waals surface area contributed by atoms with Crippen LogP contribution in [0.15, 0.2) is 6.33 Å². The number of aliphatic hydroxyl groups excluding tert-OH is 2. The van der Waals surface area contributed by atoms with Crippen molar-refractivity contribution in [3.63, 3.8) is 0 Å². The molecule has 0 unspecified atom stereocenters. The quantitative estimate of drug-likeness (QED) is 0.663. The number of hydrogen-bond donors (Lipinski definition) is 3. The maximum atomic E-state index is 9.01. The van der Waals surface area contributed by atoms with E-state index < -0.39 is 0 Å². The Morgan fingerprint density at radius 2 is 1.90 bits per heavy atom. The summed E-state index contributed by atoms with van der Waals surface area (Å²) >= 11 is 0. The summed E-state index contributed by atoms with van der Waals surface area (Å²) in [4.78, 5) is 8.69. The van der Waals surface area contributed by atoms with Crippen molar-refractivity contribution in [3.8, 4) is 0 Å². The maximum absolute atomic E-state index is 9.01. The Balaban J connectivity index is 2.41. The maximum Gasteiger partial charge on any atom is 0.145 e. The van der Waals surface area contributed by atoms with Gasteiger partial charge in [0.2, 0.25) is 0 Å². The Labute approximate surface area is 118 Å². The highest BCUT2D eigenvalue weighted by Gasteiger charge is 2.15. The highest BCUT2D eigenvalue weighted by atomic mass is 16.3. The Hall–Kier alpha value is -1.66. The molecule has 0 aliphatic heterocycles. The summed E-state index contributed by atoms with van der Waals surface area (Å²) in [6.07, 6.45) is 2.95. The van der Waals surface area contributed by atoms with E-state index in [1.165, 1.54) is 0 Å². The first-order chi connectivity index (χ1) is 9.70. The molecule has 0 bridgehead atoms. The van der Waals surface area contributed by atoms with E-state index in [4.69, 9.17) is 10.2 Å². The largest absolute Gasteiger partial charge is 0.396 e. The second-order valence-electron chi connectivity index (χ2n) is 4.86. The molecule has 3 N–H and O–H groups in total. The zero-order valence-electron chi connectivity index (χ0n) is 12.1. The van der Waals surface area contributed by atoms with Crippen LogP contribution in [0.2, 0.25) is 0 Å². The van der Waals surface area contributed by atoms with Crippen molar-refractivity contribution in [1.29, 1.82) is 0 Å². The molecule has 20 heavy (non-hydrogen) atoms. The highest BCUT2D eigenvalue weighted by molar-refractivity contribution is 5.91. The Morgan fingerprint density at radius 3 is 2.60 bits per heavy atom. The van der Waals surface area contributed by atoms with Crippen molar-refractivity contribution in [2.75, 3.05) is 25.1 Å². The standard InChI is InChI=1S/C14H22N4O2/c1-10-11(2)18(6-4-8-20)14-12(10)13(16-9-17-14)15-5-3-7-19/h9,19-20H,3-8H2,1-2H3,(H,15,16,17).